The van der Waals surface area contributed by atoms with Crippen LogP contribution in [-0.4, -0.2) is 70.3 Å². The van der Waals surface area contributed by atoms with Crippen molar-refractivity contribution in [1.29, 1.82) is 0 Å². The molecular weight excluding hydrogens is 439 g/mol. The molecule has 2 rings (SSSR count). The second-order valence-corrected chi connectivity index (χ2v) is 9.17. The molecule has 0 spiro atoms. The van der Waals surface area contributed by atoms with Gasteiger partial charge in [0.1, 0.15) is 11.9 Å². The Kier molecular flexibility index (Phi) is 11.3. The average Bonchev–Trinajstić information content (AvgIpc) is 3.14. The number of carboxylic acids is 1. The summed E-state index contributed by atoms with van der Waals surface area (Å²) in [7, 11) is 0. The Bertz CT molecular complexity index is 681. The van der Waals surface area contributed by atoms with Crippen LogP contribution in [0, 0.1) is 23.2 Å². The van der Waals surface area contributed by atoms with Crippen LogP contribution in [0.15, 0.2) is 24.0 Å². The zero-order valence-corrected chi connectivity index (χ0v) is 21.4. The Morgan fingerprint density at radius 3 is 2.53 bits per heavy atom. The number of carboxylic acid groups (broad SMARTS) is 1. The molecule has 1 aliphatic heterocycles. The van der Waals surface area contributed by atoms with Crippen LogP contribution in [-0.2, 0) is 9.53 Å². The molecule has 4 nitrogen and oxygen atoms in total. The monoisotopic (exact) mass is 473 g/mol. The summed E-state index contributed by atoms with van der Waals surface area (Å²) in [6, 6.07) is 0. The van der Waals surface area contributed by atoms with E-state index in [9.17, 15) is 23.1 Å². The van der Waals surface area contributed by atoms with Gasteiger partial charge in [-0.3, -0.25) is 4.79 Å². The fraction of sp³-hybridized carbons (Fsp3) is 0.783. The van der Waals surface area contributed by atoms with Crippen LogP contribution in [0.25, 0.3) is 0 Å². The molecular formula is C23H34F4NaO4. The van der Waals surface area contributed by atoms with Gasteiger partial charge in [-0.2, -0.15) is 13.2 Å². The zero-order chi connectivity index (χ0) is 23.4. The van der Waals surface area contributed by atoms with Crippen LogP contribution in [0.3, 0.4) is 0 Å². The van der Waals surface area contributed by atoms with Gasteiger partial charge in [0.25, 0.3) is 0 Å². The van der Waals surface area contributed by atoms with Gasteiger partial charge in [0, 0.05) is 41.9 Å². The van der Waals surface area contributed by atoms with Gasteiger partial charge in [-0.05, 0) is 50.5 Å². The molecule has 1 saturated carbocycles. The van der Waals surface area contributed by atoms with Gasteiger partial charge in [-0.15, -0.1) is 0 Å². The van der Waals surface area contributed by atoms with Crippen molar-refractivity contribution in [3.63, 3.8) is 0 Å². The van der Waals surface area contributed by atoms with E-state index in [-0.39, 0.29) is 66.1 Å². The summed E-state index contributed by atoms with van der Waals surface area (Å²) in [6.45, 7) is 4.74. The molecule has 2 N–H and O–H groups in total. The molecule has 0 aromatic heterocycles. The molecule has 9 heteroatoms. The zero-order valence-electron chi connectivity index (χ0n) is 19.4. The number of halogens is 4. The fourth-order valence-corrected chi connectivity index (χ4v) is 4.67. The number of allylic oxidation sites excluding steroid dienone is 3. The van der Waals surface area contributed by atoms with Crippen molar-refractivity contribution in [3.8, 4) is 0 Å². The number of hydrogen-bond acceptors (Lipinski definition) is 3. The number of aliphatic hydroxyl groups is 1. The van der Waals surface area contributed by atoms with Crippen LogP contribution in [0.5, 0.6) is 0 Å². The summed E-state index contributed by atoms with van der Waals surface area (Å²) < 4.78 is 61.8. The minimum absolute atomic E-state index is 0. The smallest absolute Gasteiger partial charge is 0.397 e. The van der Waals surface area contributed by atoms with E-state index in [4.69, 9.17) is 9.84 Å². The molecule has 0 bridgehead atoms. The van der Waals surface area contributed by atoms with Gasteiger partial charge in [-0.25, -0.2) is 4.39 Å². The topological polar surface area (TPSA) is 66.8 Å². The molecule has 179 valence electrons. The molecule has 2 fully saturated rings. The second kappa shape index (κ2) is 12.2. The largest absolute Gasteiger partial charge is 0.492 e. The Morgan fingerprint density at radius 2 is 1.97 bits per heavy atom. The molecule has 1 aliphatic carbocycles. The standard InChI is InChI=1S/C23H34F4O4.Na/c1-4-5-12-22(3,23(25,26)27)18(28)11-10-15-14(2)13-17-20(15)21(24)16(31-17)8-6-7-9-19(29)30;/h8,10-11,14-15,17-18,20-21,28H,4-7,9,12-13H2,1-3H3,(H,29,30);/t14-,15+,17+,18-,20-,21?,22?;/m1./s1. The van der Waals surface area contributed by atoms with Gasteiger partial charge in [0.15, 0.2) is 6.17 Å². The molecule has 2 aliphatic rings. The van der Waals surface area contributed by atoms with Crippen LogP contribution < -0.4 is 0 Å². The molecule has 1 radical (unpaired) electrons. The molecule has 0 amide bonds. The van der Waals surface area contributed by atoms with E-state index in [0.29, 0.717) is 32.1 Å². The number of rotatable bonds is 10. The third-order valence-electron chi connectivity index (χ3n) is 6.84. The van der Waals surface area contributed by atoms with E-state index in [1.807, 2.05) is 6.92 Å². The summed E-state index contributed by atoms with van der Waals surface area (Å²) in [4.78, 5) is 10.6. The van der Waals surface area contributed by atoms with E-state index in [0.717, 1.165) is 6.92 Å². The van der Waals surface area contributed by atoms with E-state index in [2.05, 4.69) is 0 Å². The second-order valence-electron chi connectivity index (χ2n) is 9.17. The maximum absolute atomic E-state index is 15.1. The van der Waals surface area contributed by atoms with Crippen LogP contribution in [0.2, 0.25) is 0 Å². The molecule has 2 unspecified atom stereocenters. The number of aliphatic carboxylic acids is 1. The molecule has 0 aromatic carbocycles. The molecule has 0 aromatic rings. The van der Waals surface area contributed by atoms with Crippen LogP contribution >= 0.6 is 0 Å². The maximum Gasteiger partial charge on any atom is 0.397 e. The summed E-state index contributed by atoms with van der Waals surface area (Å²) in [5.41, 5.74) is -2.25. The van der Waals surface area contributed by atoms with E-state index < -0.39 is 35.8 Å². The molecule has 7 atom stereocenters. The van der Waals surface area contributed by atoms with Gasteiger partial charge in [0.05, 0.1) is 11.5 Å². The van der Waals surface area contributed by atoms with Crippen molar-refractivity contribution < 1.29 is 37.3 Å². The summed E-state index contributed by atoms with van der Waals surface area (Å²) in [5, 5.41) is 19.1. The first kappa shape index (κ1) is 29.5. The van der Waals surface area contributed by atoms with Crippen molar-refractivity contribution in [2.24, 2.45) is 23.2 Å². The van der Waals surface area contributed by atoms with Crippen LogP contribution in [0.4, 0.5) is 17.6 Å². The fourth-order valence-electron chi connectivity index (χ4n) is 4.67. The normalized spacial score (nSPS) is 31.8. The quantitative estimate of drug-likeness (QED) is 0.192. The number of unbranched alkanes of at least 4 members (excludes halogenated alkanes) is 2. The van der Waals surface area contributed by atoms with Gasteiger partial charge < -0.3 is 14.9 Å². The predicted octanol–water partition coefficient (Wildman–Crippen LogP) is 5.43. The first-order valence-electron chi connectivity index (χ1n) is 11.1. The Morgan fingerprint density at radius 1 is 1.31 bits per heavy atom. The first-order valence-corrected chi connectivity index (χ1v) is 11.1. The van der Waals surface area contributed by atoms with Crippen molar-refractivity contribution in [2.75, 3.05) is 0 Å². The summed E-state index contributed by atoms with van der Waals surface area (Å²) in [6.07, 6.45) is -1.61. The van der Waals surface area contributed by atoms with E-state index >= 15 is 4.39 Å². The van der Waals surface area contributed by atoms with Crippen molar-refractivity contribution in [3.05, 3.63) is 24.0 Å². The number of ether oxygens (including phenoxy) is 1. The van der Waals surface area contributed by atoms with E-state index in [1.54, 1.807) is 19.1 Å². The van der Waals surface area contributed by atoms with E-state index in [1.165, 1.54) is 6.08 Å². The molecule has 1 saturated heterocycles. The van der Waals surface area contributed by atoms with Crippen LogP contribution in [0.1, 0.15) is 65.7 Å². The Hall–Kier alpha value is -0.570. The number of hydrogen-bond donors (Lipinski definition) is 2. The number of alkyl halides is 4. The minimum Gasteiger partial charge on any atom is -0.492 e. The van der Waals surface area contributed by atoms with Crippen molar-refractivity contribution in [2.45, 2.75) is 90.3 Å². The third kappa shape index (κ3) is 6.73. The minimum atomic E-state index is -4.55. The average molecular weight is 474 g/mol. The Balaban J connectivity index is 0.00000512. The van der Waals surface area contributed by atoms with Gasteiger partial charge >= 0.3 is 12.1 Å². The number of aliphatic hydroxyl groups excluding tert-OH is 1. The maximum atomic E-state index is 15.1. The number of fused-ring (bicyclic) bond motifs is 1. The van der Waals surface area contributed by atoms with Gasteiger partial charge in [-0.1, -0.05) is 38.8 Å². The van der Waals surface area contributed by atoms with Gasteiger partial charge in [0.2, 0.25) is 0 Å². The Labute approximate surface area is 209 Å². The predicted molar refractivity (Wildman–Crippen MR) is 115 cm³/mol. The summed E-state index contributed by atoms with van der Waals surface area (Å²) >= 11 is 0. The summed E-state index contributed by atoms with van der Waals surface area (Å²) in [5.74, 6) is -1.57. The number of carbonyl (C=O) groups is 1. The first-order chi connectivity index (χ1) is 14.4. The molecule has 1 heterocycles. The third-order valence-corrected chi connectivity index (χ3v) is 6.84. The molecule has 32 heavy (non-hydrogen) atoms. The SMILES string of the molecule is CCCCC(C)([C@H](O)C=C[C@@H]1[C@H]2C(F)C(=CCCCC(=O)O)O[C@H]2C[C@H]1C)C(F)(F)F.[Na]. The van der Waals surface area contributed by atoms with Crippen molar-refractivity contribution in [1.82, 2.24) is 0 Å². The van der Waals surface area contributed by atoms with Crippen molar-refractivity contribution >= 4 is 35.5 Å².